The highest BCUT2D eigenvalue weighted by Crippen LogP contribution is 2.24. The van der Waals surface area contributed by atoms with Gasteiger partial charge in [-0.2, -0.15) is 5.10 Å². The van der Waals surface area contributed by atoms with Crippen LogP contribution in [-0.4, -0.2) is 32.5 Å². The van der Waals surface area contributed by atoms with Gasteiger partial charge in [0.25, 0.3) is 11.8 Å². The highest BCUT2D eigenvalue weighted by Gasteiger charge is 2.39. The van der Waals surface area contributed by atoms with Gasteiger partial charge in [-0.3, -0.25) is 9.59 Å². The number of rotatable bonds is 2. The third kappa shape index (κ3) is 1.90. The number of aromatic nitrogens is 2. The first-order valence-corrected chi connectivity index (χ1v) is 6.79. The van der Waals surface area contributed by atoms with Crippen molar-refractivity contribution in [1.82, 2.24) is 14.7 Å². The number of carbonyl (C=O) groups is 3. The number of hydroxylamine groups is 2. The van der Waals surface area contributed by atoms with Crippen LogP contribution in [0.4, 0.5) is 0 Å². The largest absolute Gasteiger partial charge is 0.366 e. The number of hydrogen-bond acceptors (Lipinski definition) is 5. The fourth-order valence-corrected chi connectivity index (χ4v) is 2.50. The Balaban J connectivity index is 1.65. The second-order valence-corrected chi connectivity index (χ2v) is 4.91. The molecule has 1 aromatic carbocycles. The number of amides is 2. The van der Waals surface area contributed by atoms with Gasteiger partial charge in [-0.05, 0) is 30.3 Å². The summed E-state index contributed by atoms with van der Waals surface area (Å²) < 4.78 is 1.50. The molecule has 3 heterocycles. The van der Waals surface area contributed by atoms with E-state index in [1.165, 1.54) is 22.7 Å². The second-order valence-electron chi connectivity index (χ2n) is 4.91. The van der Waals surface area contributed by atoms with Gasteiger partial charge in [0.2, 0.25) is 0 Å². The number of benzene rings is 1. The van der Waals surface area contributed by atoms with Crippen molar-refractivity contribution < 1.29 is 19.2 Å². The zero-order chi connectivity index (χ0) is 16.0. The normalized spacial score (nSPS) is 13.5. The van der Waals surface area contributed by atoms with E-state index in [1.54, 1.807) is 36.7 Å². The van der Waals surface area contributed by atoms with Crippen molar-refractivity contribution in [3.63, 3.8) is 0 Å². The predicted molar refractivity (Wildman–Crippen MR) is 77.5 cm³/mol. The van der Waals surface area contributed by atoms with Crippen molar-refractivity contribution in [2.45, 2.75) is 0 Å². The highest BCUT2D eigenvalue weighted by molar-refractivity contribution is 6.21. The molecule has 23 heavy (non-hydrogen) atoms. The first-order valence-electron chi connectivity index (χ1n) is 6.79. The van der Waals surface area contributed by atoms with Crippen LogP contribution >= 0.6 is 0 Å². The molecule has 2 amide bonds. The summed E-state index contributed by atoms with van der Waals surface area (Å²) in [4.78, 5) is 41.7. The smallest absolute Gasteiger partial charge is 0.324 e. The molecule has 0 saturated carbocycles. The Labute approximate surface area is 129 Å². The Morgan fingerprint density at radius 1 is 0.957 bits per heavy atom. The van der Waals surface area contributed by atoms with Crippen LogP contribution in [0.25, 0.3) is 5.52 Å². The molecular formula is C16H9N3O4. The van der Waals surface area contributed by atoms with Crippen molar-refractivity contribution >= 4 is 23.3 Å². The lowest BCUT2D eigenvalue weighted by Crippen LogP contribution is -2.32. The van der Waals surface area contributed by atoms with Crippen molar-refractivity contribution in [2.75, 3.05) is 0 Å². The molecule has 2 aromatic heterocycles. The van der Waals surface area contributed by atoms with Crippen LogP contribution < -0.4 is 0 Å². The van der Waals surface area contributed by atoms with Crippen molar-refractivity contribution in [1.29, 1.82) is 0 Å². The van der Waals surface area contributed by atoms with Gasteiger partial charge in [-0.25, -0.2) is 9.31 Å². The Hall–Kier alpha value is -3.48. The quantitative estimate of drug-likeness (QED) is 0.673. The molecule has 112 valence electrons. The molecule has 0 atom stereocenters. The molecule has 0 saturated heterocycles. The molecule has 4 rings (SSSR count). The summed E-state index contributed by atoms with van der Waals surface area (Å²) >= 11 is 0. The Kier molecular flexibility index (Phi) is 2.74. The van der Waals surface area contributed by atoms with E-state index < -0.39 is 17.8 Å². The van der Waals surface area contributed by atoms with Gasteiger partial charge < -0.3 is 4.84 Å². The summed E-state index contributed by atoms with van der Waals surface area (Å²) in [6, 6.07) is 11.2. The van der Waals surface area contributed by atoms with Gasteiger partial charge in [-0.1, -0.05) is 17.2 Å². The van der Waals surface area contributed by atoms with Gasteiger partial charge in [0.15, 0.2) is 0 Å². The summed E-state index contributed by atoms with van der Waals surface area (Å²) in [5.74, 6) is -2.10. The minimum atomic E-state index is -0.796. The molecule has 7 heteroatoms. The third-order valence-electron chi connectivity index (χ3n) is 3.59. The minimum Gasteiger partial charge on any atom is -0.324 e. The molecule has 0 aliphatic carbocycles. The van der Waals surface area contributed by atoms with Gasteiger partial charge in [0, 0.05) is 12.4 Å². The van der Waals surface area contributed by atoms with Crippen LogP contribution in [-0.2, 0) is 4.84 Å². The average molecular weight is 307 g/mol. The maximum Gasteiger partial charge on any atom is 0.366 e. The van der Waals surface area contributed by atoms with Gasteiger partial charge >= 0.3 is 5.97 Å². The van der Waals surface area contributed by atoms with Crippen molar-refractivity contribution in [3.05, 3.63) is 71.5 Å². The molecule has 0 radical (unpaired) electrons. The fraction of sp³-hybridized carbons (Fsp3) is 0. The lowest BCUT2D eigenvalue weighted by molar-refractivity contribution is -0.0583. The minimum absolute atomic E-state index is 0.216. The van der Waals surface area contributed by atoms with Gasteiger partial charge in [-0.15, -0.1) is 0 Å². The molecule has 1 aliphatic rings. The Bertz CT molecular complexity index is 941. The number of imide groups is 1. The van der Waals surface area contributed by atoms with Gasteiger partial charge in [0.1, 0.15) is 0 Å². The van der Waals surface area contributed by atoms with E-state index in [9.17, 15) is 14.4 Å². The van der Waals surface area contributed by atoms with E-state index in [4.69, 9.17) is 4.84 Å². The van der Waals surface area contributed by atoms with E-state index in [0.717, 1.165) is 0 Å². The summed E-state index contributed by atoms with van der Waals surface area (Å²) in [5.41, 5.74) is 1.17. The molecular weight excluding hydrogens is 298 g/mol. The predicted octanol–water partition coefficient (Wildman–Crippen LogP) is 1.70. The Morgan fingerprint density at radius 3 is 2.35 bits per heavy atom. The summed E-state index contributed by atoms with van der Waals surface area (Å²) in [5, 5.41) is 4.53. The SMILES string of the molecule is O=C(ON1C(=O)c2ccccc2C1=O)c1ccn2ncccc12. The molecule has 7 nitrogen and oxygen atoms in total. The topological polar surface area (TPSA) is 81.0 Å². The van der Waals surface area contributed by atoms with Gasteiger partial charge in [0.05, 0.1) is 22.2 Å². The average Bonchev–Trinajstić information content (AvgIpc) is 3.11. The van der Waals surface area contributed by atoms with E-state index in [-0.39, 0.29) is 16.7 Å². The Morgan fingerprint density at radius 2 is 1.65 bits per heavy atom. The third-order valence-corrected chi connectivity index (χ3v) is 3.59. The van der Waals surface area contributed by atoms with E-state index in [0.29, 0.717) is 10.6 Å². The molecule has 0 N–H and O–H groups in total. The maximum atomic E-state index is 12.3. The van der Waals surface area contributed by atoms with Crippen LogP contribution in [0, 0.1) is 0 Å². The first-order chi connectivity index (χ1) is 11.2. The molecule has 0 spiro atoms. The zero-order valence-electron chi connectivity index (χ0n) is 11.7. The fourth-order valence-electron chi connectivity index (χ4n) is 2.50. The standard InChI is InChI=1S/C16H9N3O4/c20-14-10-4-1-2-5-11(10)15(21)19(14)23-16(22)12-7-9-18-13(12)6-3-8-17-18/h1-9H. The lowest BCUT2D eigenvalue weighted by atomic mass is 10.1. The highest BCUT2D eigenvalue weighted by atomic mass is 16.7. The molecule has 0 unspecified atom stereocenters. The monoisotopic (exact) mass is 307 g/mol. The van der Waals surface area contributed by atoms with Crippen LogP contribution in [0.3, 0.4) is 0 Å². The summed E-state index contributed by atoms with van der Waals surface area (Å²) in [7, 11) is 0. The maximum absolute atomic E-state index is 12.3. The van der Waals surface area contributed by atoms with Crippen LogP contribution in [0.15, 0.2) is 54.9 Å². The zero-order valence-corrected chi connectivity index (χ0v) is 11.7. The second kappa shape index (κ2) is 4.77. The van der Waals surface area contributed by atoms with Crippen molar-refractivity contribution in [2.24, 2.45) is 0 Å². The summed E-state index contributed by atoms with van der Waals surface area (Å²) in [6.07, 6.45) is 3.17. The molecule has 1 aliphatic heterocycles. The van der Waals surface area contributed by atoms with E-state index in [2.05, 4.69) is 5.10 Å². The first kappa shape index (κ1) is 13.2. The summed E-state index contributed by atoms with van der Waals surface area (Å²) in [6.45, 7) is 0. The molecule has 3 aromatic rings. The van der Waals surface area contributed by atoms with Crippen LogP contribution in [0.2, 0.25) is 0 Å². The number of carbonyl (C=O) groups excluding carboxylic acids is 3. The van der Waals surface area contributed by atoms with Crippen molar-refractivity contribution in [3.8, 4) is 0 Å². The van der Waals surface area contributed by atoms with Crippen LogP contribution in [0.5, 0.6) is 0 Å². The molecule has 0 bridgehead atoms. The lowest BCUT2D eigenvalue weighted by Gasteiger charge is -2.12. The van der Waals surface area contributed by atoms with E-state index >= 15 is 0 Å². The van der Waals surface area contributed by atoms with E-state index in [1.807, 2.05) is 0 Å². The number of hydrogen-bond donors (Lipinski definition) is 0. The number of fused-ring (bicyclic) bond motifs is 2. The molecule has 0 fully saturated rings. The number of nitrogens with zero attached hydrogens (tertiary/aromatic N) is 3. The van der Waals surface area contributed by atoms with Crippen LogP contribution in [0.1, 0.15) is 31.1 Å².